The molecule has 2 aromatic carbocycles. The van der Waals surface area contributed by atoms with Gasteiger partial charge < -0.3 is 10.4 Å². The van der Waals surface area contributed by atoms with Gasteiger partial charge in [-0.05, 0) is 35.6 Å². The second kappa shape index (κ2) is 9.82. The second-order valence-corrected chi connectivity index (χ2v) is 10.5. The van der Waals surface area contributed by atoms with E-state index in [1.165, 1.54) is 16.0 Å². The average molecular weight is 486 g/mol. The van der Waals surface area contributed by atoms with Gasteiger partial charge in [0, 0.05) is 40.0 Å². The normalized spacial score (nSPS) is 21.8. The van der Waals surface area contributed by atoms with Gasteiger partial charge in [-0.1, -0.05) is 60.7 Å². The lowest BCUT2D eigenvalue weighted by Crippen LogP contribution is -2.44. The number of hydrogen-bond acceptors (Lipinski definition) is 6. The van der Waals surface area contributed by atoms with Crippen LogP contribution in [-0.4, -0.2) is 34.8 Å². The van der Waals surface area contributed by atoms with Crippen LogP contribution in [0.2, 0.25) is 0 Å². The standard InChI is InChI=1S/C28H27N3O3S/c29-13-14-30-26(33)27(34)31-17-18-5-1-2-6-20(18)23(32)16-28(11-12-28)19-9-10-25-22(15-19)21-7-3-4-8-24(21)35-25/h1-10,15,22,25,27,31,34H,11-12,14,16-17H2,(H,30,33). The van der Waals surface area contributed by atoms with Crippen molar-refractivity contribution in [1.82, 2.24) is 10.6 Å². The molecule has 2 aromatic rings. The van der Waals surface area contributed by atoms with Gasteiger partial charge >= 0.3 is 0 Å². The fourth-order valence-electron chi connectivity index (χ4n) is 4.99. The van der Waals surface area contributed by atoms with E-state index < -0.39 is 12.1 Å². The number of fused-ring (bicyclic) bond motifs is 3. The molecule has 35 heavy (non-hydrogen) atoms. The lowest BCUT2D eigenvalue weighted by atomic mass is 9.80. The van der Waals surface area contributed by atoms with Gasteiger partial charge in [-0.15, -0.1) is 11.8 Å². The van der Waals surface area contributed by atoms with E-state index in [1.807, 2.05) is 36.0 Å². The number of Topliss-reactive ketones (excluding diaryl/α,β-unsaturated/α-hetero) is 1. The van der Waals surface area contributed by atoms with Gasteiger partial charge in [0.1, 0.15) is 6.54 Å². The molecule has 1 heterocycles. The summed E-state index contributed by atoms with van der Waals surface area (Å²) in [6.07, 6.45) is 7.89. The van der Waals surface area contributed by atoms with Crippen molar-refractivity contribution in [2.24, 2.45) is 5.41 Å². The first-order valence-electron chi connectivity index (χ1n) is 11.8. The average Bonchev–Trinajstić information content (AvgIpc) is 3.57. The molecule has 3 atom stereocenters. The van der Waals surface area contributed by atoms with Crippen LogP contribution in [0.4, 0.5) is 0 Å². The Morgan fingerprint density at radius 3 is 2.74 bits per heavy atom. The molecule has 0 spiro atoms. The summed E-state index contributed by atoms with van der Waals surface area (Å²) >= 11 is 1.91. The minimum absolute atomic E-state index is 0.0703. The Kier molecular flexibility index (Phi) is 6.61. The van der Waals surface area contributed by atoms with E-state index >= 15 is 0 Å². The van der Waals surface area contributed by atoms with Crippen LogP contribution in [0.15, 0.2) is 77.2 Å². The highest BCUT2D eigenvalue weighted by atomic mass is 32.2. The van der Waals surface area contributed by atoms with Crippen molar-refractivity contribution >= 4 is 23.5 Å². The molecule has 2 aliphatic carbocycles. The van der Waals surface area contributed by atoms with Crippen LogP contribution in [0.3, 0.4) is 0 Å². The SMILES string of the molecule is N#CCNC(=O)C(O)NCc1ccccc1C(=O)CC1(C2=CC3c4ccccc4SC3C=C2)CC1. The molecule has 1 saturated carbocycles. The van der Waals surface area contributed by atoms with E-state index in [9.17, 15) is 14.7 Å². The number of aliphatic hydroxyl groups excluding tert-OH is 1. The second-order valence-electron chi connectivity index (χ2n) is 9.32. The first-order chi connectivity index (χ1) is 17.0. The molecule has 5 rings (SSSR count). The highest BCUT2D eigenvalue weighted by Crippen LogP contribution is 2.59. The Bertz CT molecular complexity index is 1260. The zero-order valence-electron chi connectivity index (χ0n) is 19.2. The van der Waals surface area contributed by atoms with Crippen LogP contribution in [-0.2, 0) is 11.3 Å². The van der Waals surface area contributed by atoms with Crippen molar-refractivity contribution < 1.29 is 14.7 Å². The van der Waals surface area contributed by atoms with E-state index in [0.717, 1.165) is 18.4 Å². The lowest BCUT2D eigenvalue weighted by molar-refractivity contribution is -0.130. The molecule has 0 bridgehead atoms. The van der Waals surface area contributed by atoms with Crippen LogP contribution in [0.25, 0.3) is 0 Å². The molecule has 3 aliphatic rings. The fourth-order valence-corrected chi connectivity index (χ4v) is 6.31. The molecule has 178 valence electrons. The number of allylic oxidation sites excluding steroid dienone is 3. The van der Waals surface area contributed by atoms with Crippen LogP contribution >= 0.6 is 11.8 Å². The quantitative estimate of drug-likeness (QED) is 0.283. The van der Waals surface area contributed by atoms with Crippen molar-refractivity contribution in [2.45, 2.75) is 48.1 Å². The van der Waals surface area contributed by atoms with Gasteiger partial charge in [0.05, 0.1) is 6.07 Å². The summed E-state index contributed by atoms with van der Waals surface area (Å²) in [7, 11) is 0. The number of nitriles is 1. The fraction of sp³-hybridized carbons (Fsp3) is 0.321. The van der Waals surface area contributed by atoms with Gasteiger partial charge in [0.15, 0.2) is 12.0 Å². The molecule has 1 amide bonds. The number of nitrogens with one attached hydrogen (secondary N) is 2. The Morgan fingerprint density at radius 2 is 1.94 bits per heavy atom. The molecular weight excluding hydrogens is 458 g/mol. The van der Waals surface area contributed by atoms with Crippen LogP contribution in [0.1, 0.15) is 46.7 Å². The van der Waals surface area contributed by atoms with E-state index in [1.54, 1.807) is 6.07 Å². The number of benzene rings is 2. The summed E-state index contributed by atoms with van der Waals surface area (Å²) in [5, 5.41) is 24.0. The highest BCUT2D eigenvalue weighted by Gasteiger charge is 2.48. The number of carbonyl (C=O) groups excluding carboxylic acids is 2. The third-order valence-electron chi connectivity index (χ3n) is 7.08. The molecule has 0 aromatic heterocycles. The van der Waals surface area contributed by atoms with E-state index in [2.05, 4.69) is 53.1 Å². The van der Waals surface area contributed by atoms with Gasteiger partial charge in [-0.25, -0.2) is 0 Å². The number of aliphatic hydroxyl groups is 1. The number of amides is 1. The van der Waals surface area contributed by atoms with Crippen LogP contribution in [0.5, 0.6) is 0 Å². The number of thioether (sulfide) groups is 1. The summed E-state index contributed by atoms with van der Waals surface area (Å²) in [5.74, 6) is -0.247. The molecule has 3 unspecified atom stereocenters. The largest absolute Gasteiger partial charge is 0.370 e. The van der Waals surface area contributed by atoms with E-state index in [-0.39, 0.29) is 24.3 Å². The summed E-state index contributed by atoms with van der Waals surface area (Å²) < 4.78 is 0. The summed E-state index contributed by atoms with van der Waals surface area (Å²) in [5.41, 5.74) is 3.87. The number of carbonyl (C=O) groups is 2. The number of hydrogen-bond donors (Lipinski definition) is 3. The summed E-state index contributed by atoms with van der Waals surface area (Å²) in [6.45, 7) is -0.0126. The van der Waals surface area contributed by atoms with Gasteiger partial charge in [0.2, 0.25) is 0 Å². The molecule has 0 saturated heterocycles. The number of rotatable bonds is 9. The molecule has 7 heteroatoms. The number of ketones is 1. The van der Waals surface area contributed by atoms with Gasteiger partial charge in [-0.3, -0.25) is 14.9 Å². The molecule has 3 N–H and O–H groups in total. The predicted octanol–water partition coefficient (Wildman–Crippen LogP) is 3.84. The van der Waals surface area contributed by atoms with Crippen molar-refractivity contribution in [3.05, 3.63) is 89.0 Å². The molecule has 1 aliphatic heterocycles. The van der Waals surface area contributed by atoms with Crippen molar-refractivity contribution in [3.63, 3.8) is 0 Å². The van der Waals surface area contributed by atoms with E-state index in [0.29, 0.717) is 23.2 Å². The predicted molar refractivity (Wildman–Crippen MR) is 135 cm³/mol. The molecule has 0 radical (unpaired) electrons. The summed E-state index contributed by atoms with van der Waals surface area (Å²) in [4.78, 5) is 26.6. The molecule has 6 nitrogen and oxygen atoms in total. The third-order valence-corrected chi connectivity index (χ3v) is 8.43. The zero-order chi connectivity index (χ0) is 24.4. The van der Waals surface area contributed by atoms with E-state index in [4.69, 9.17) is 5.26 Å². The Hall–Kier alpha value is -3.18. The van der Waals surface area contributed by atoms with Crippen LogP contribution in [0, 0.1) is 16.7 Å². The summed E-state index contributed by atoms with van der Waals surface area (Å²) in [6, 6.07) is 17.7. The smallest absolute Gasteiger partial charge is 0.264 e. The lowest BCUT2D eigenvalue weighted by Gasteiger charge is -2.24. The Balaban J connectivity index is 1.28. The molecule has 1 fully saturated rings. The van der Waals surface area contributed by atoms with Gasteiger partial charge in [0.25, 0.3) is 5.91 Å². The first-order valence-corrected chi connectivity index (χ1v) is 12.7. The Labute approximate surface area is 209 Å². The zero-order valence-corrected chi connectivity index (χ0v) is 20.1. The maximum Gasteiger partial charge on any atom is 0.264 e. The van der Waals surface area contributed by atoms with Crippen molar-refractivity contribution in [1.29, 1.82) is 5.26 Å². The topological polar surface area (TPSA) is 102 Å². The maximum atomic E-state index is 13.4. The minimum Gasteiger partial charge on any atom is -0.370 e. The van der Waals surface area contributed by atoms with Crippen molar-refractivity contribution in [3.8, 4) is 6.07 Å². The van der Waals surface area contributed by atoms with Gasteiger partial charge in [-0.2, -0.15) is 5.26 Å². The minimum atomic E-state index is -1.46. The molecular formula is C28H27N3O3S. The van der Waals surface area contributed by atoms with Crippen molar-refractivity contribution in [2.75, 3.05) is 6.54 Å². The van der Waals surface area contributed by atoms with Crippen LogP contribution < -0.4 is 10.6 Å². The monoisotopic (exact) mass is 485 g/mol. The highest BCUT2D eigenvalue weighted by molar-refractivity contribution is 8.00. The third kappa shape index (κ3) is 4.83. The first kappa shape index (κ1) is 23.6. The maximum absolute atomic E-state index is 13.4. The Morgan fingerprint density at radius 1 is 1.17 bits per heavy atom. The number of nitrogens with zero attached hydrogens (tertiary/aromatic N) is 1.